The van der Waals surface area contributed by atoms with Gasteiger partial charge in [-0.05, 0) is 32.7 Å². The Morgan fingerprint density at radius 2 is 1.83 bits per heavy atom. The second kappa shape index (κ2) is 6.02. The van der Waals surface area contributed by atoms with Crippen molar-refractivity contribution in [3.63, 3.8) is 0 Å². The van der Waals surface area contributed by atoms with E-state index in [1.165, 1.54) is 0 Å². The first-order valence-electron chi connectivity index (χ1n) is 7.31. The van der Waals surface area contributed by atoms with E-state index >= 15 is 0 Å². The summed E-state index contributed by atoms with van der Waals surface area (Å²) in [6, 6.07) is 0.596. The minimum Gasteiger partial charge on any atom is -0.340 e. The van der Waals surface area contributed by atoms with Crippen LogP contribution in [0, 0.1) is 11.8 Å². The lowest BCUT2D eigenvalue weighted by atomic mass is 9.90. The van der Waals surface area contributed by atoms with Crippen molar-refractivity contribution in [2.24, 2.45) is 11.8 Å². The highest BCUT2D eigenvalue weighted by Crippen LogP contribution is 2.19. The predicted molar refractivity (Wildman–Crippen MR) is 73.4 cm³/mol. The zero-order chi connectivity index (χ0) is 13.1. The summed E-state index contributed by atoms with van der Waals surface area (Å²) in [6.45, 7) is 12.5. The van der Waals surface area contributed by atoms with Crippen LogP contribution in [0.4, 0.5) is 0 Å². The van der Waals surface area contributed by atoms with Crippen molar-refractivity contribution in [2.75, 3.05) is 39.3 Å². The number of carbonyl (C=O) groups excluding carboxylic acids is 1. The molecule has 104 valence electrons. The molecule has 0 aliphatic carbocycles. The normalized spacial score (nSPS) is 30.8. The van der Waals surface area contributed by atoms with Crippen molar-refractivity contribution in [3.05, 3.63) is 0 Å². The molecule has 2 fully saturated rings. The fourth-order valence-corrected chi connectivity index (χ4v) is 3.06. The van der Waals surface area contributed by atoms with Gasteiger partial charge in [0.25, 0.3) is 0 Å². The van der Waals surface area contributed by atoms with Crippen LogP contribution in [0.1, 0.15) is 27.2 Å². The summed E-state index contributed by atoms with van der Waals surface area (Å²) in [6.07, 6.45) is 1.05. The molecular weight excluding hydrogens is 226 g/mol. The average molecular weight is 253 g/mol. The lowest BCUT2D eigenvalue weighted by molar-refractivity contribution is -0.138. The summed E-state index contributed by atoms with van der Waals surface area (Å²) in [5.41, 5.74) is 0. The van der Waals surface area contributed by atoms with Gasteiger partial charge in [0.05, 0.1) is 5.92 Å². The van der Waals surface area contributed by atoms with Crippen LogP contribution in [0.15, 0.2) is 0 Å². The van der Waals surface area contributed by atoms with E-state index in [1.54, 1.807) is 0 Å². The predicted octanol–water partition coefficient (Wildman–Crippen LogP) is 0.785. The Labute approximate surface area is 111 Å². The summed E-state index contributed by atoms with van der Waals surface area (Å²) in [5.74, 6) is 1.21. The first-order chi connectivity index (χ1) is 8.58. The van der Waals surface area contributed by atoms with Gasteiger partial charge in [-0.2, -0.15) is 0 Å². The van der Waals surface area contributed by atoms with Crippen molar-refractivity contribution < 1.29 is 4.79 Å². The van der Waals surface area contributed by atoms with E-state index in [4.69, 9.17) is 0 Å². The second-order valence-corrected chi connectivity index (χ2v) is 6.15. The van der Waals surface area contributed by atoms with Gasteiger partial charge >= 0.3 is 0 Å². The van der Waals surface area contributed by atoms with Gasteiger partial charge in [0.15, 0.2) is 0 Å². The molecule has 4 heteroatoms. The summed E-state index contributed by atoms with van der Waals surface area (Å²) >= 11 is 0. The minimum atomic E-state index is 0.208. The number of piperidine rings is 1. The number of hydrogen-bond donors (Lipinski definition) is 1. The summed E-state index contributed by atoms with van der Waals surface area (Å²) < 4.78 is 0. The molecule has 2 atom stereocenters. The van der Waals surface area contributed by atoms with Crippen molar-refractivity contribution in [2.45, 2.75) is 33.2 Å². The number of piperazine rings is 1. The molecule has 2 saturated heterocycles. The van der Waals surface area contributed by atoms with Gasteiger partial charge in [0, 0.05) is 38.8 Å². The number of nitrogens with one attached hydrogen (secondary N) is 1. The highest BCUT2D eigenvalue weighted by Gasteiger charge is 2.30. The first kappa shape index (κ1) is 13.8. The molecule has 2 rings (SSSR count). The SMILES string of the molecule is CC1CNCC(C(=O)N2CCN(C(C)C)CC2)C1. The van der Waals surface area contributed by atoms with Crippen LogP contribution in [0.25, 0.3) is 0 Å². The molecule has 2 aliphatic heterocycles. The van der Waals surface area contributed by atoms with Gasteiger partial charge in [-0.1, -0.05) is 6.92 Å². The molecule has 0 bridgehead atoms. The van der Waals surface area contributed by atoms with Gasteiger partial charge in [-0.25, -0.2) is 0 Å². The van der Waals surface area contributed by atoms with E-state index in [0.717, 1.165) is 45.7 Å². The Morgan fingerprint density at radius 1 is 1.17 bits per heavy atom. The zero-order valence-corrected chi connectivity index (χ0v) is 12.0. The molecule has 2 unspecified atom stereocenters. The van der Waals surface area contributed by atoms with Gasteiger partial charge in [0.1, 0.15) is 0 Å². The fourth-order valence-electron chi connectivity index (χ4n) is 3.06. The van der Waals surface area contributed by atoms with E-state index < -0.39 is 0 Å². The highest BCUT2D eigenvalue weighted by molar-refractivity contribution is 5.79. The average Bonchev–Trinajstić information content (AvgIpc) is 2.38. The summed E-state index contributed by atoms with van der Waals surface area (Å²) in [7, 11) is 0. The monoisotopic (exact) mass is 253 g/mol. The largest absolute Gasteiger partial charge is 0.340 e. The third kappa shape index (κ3) is 3.23. The van der Waals surface area contributed by atoms with E-state index in [0.29, 0.717) is 17.9 Å². The van der Waals surface area contributed by atoms with Crippen LogP contribution in [-0.4, -0.2) is 61.0 Å². The molecule has 0 saturated carbocycles. The van der Waals surface area contributed by atoms with Crippen molar-refractivity contribution in [1.29, 1.82) is 0 Å². The van der Waals surface area contributed by atoms with E-state index in [2.05, 4.69) is 35.9 Å². The Kier molecular flexibility index (Phi) is 4.62. The van der Waals surface area contributed by atoms with Gasteiger partial charge in [-0.15, -0.1) is 0 Å². The van der Waals surface area contributed by atoms with Crippen LogP contribution in [-0.2, 0) is 4.79 Å². The topological polar surface area (TPSA) is 35.6 Å². The maximum atomic E-state index is 12.4. The number of rotatable bonds is 2. The third-order valence-electron chi connectivity index (χ3n) is 4.28. The summed E-state index contributed by atoms with van der Waals surface area (Å²) in [4.78, 5) is 17.0. The fraction of sp³-hybridized carbons (Fsp3) is 0.929. The van der Waals surface area contributed by atoms with E-state index in [1.807, 2.05) is 0 Å². The molecule has 0 radical (unpaired) electrons. The van der Waals surface area contributed by atoms with E-state index in [9.17, 15) is 4.79 Å². The van der Waals surface area contributed by atoms with Gasteiger partial charge in [-0.3, -0.25) is 9.69 Å². The van der Waals surface area contributed by atoms with Crippen LogP contribution in [0.3, 0.4) is 0 Å². The molecule has 4 nitrogen and oxygen atoms in total. The minimum absolute atomic E-state index is 0.208. The van der Waals surface area contributed by atoms with Gasteiger partial charge < -0.3 is 10.2 Å². The quantitative estimate of drug-likeness (QED) is 0.790. The standard InChI is InChI=1S/C14H27N3O/c1-11(2)16-4-6-17(7-5-16)14(18)13-8-12(3)9-15-10-13/h11-13,15H,4-10H2,1-3H3. The Bertz CT molecular complexity index is 285. The van der Waals surface area contributed by atoms with Crippen molar-refractivity contribution in [1.82, 2.24) is 15.1 Å². The Morgan fingerprint density at radius 3 is 2.39 bits per heavy atom. The van der Waals surface area contributed by atoms with Crippen LogP contribution >= 0.6 is 0 Å². The molecule has 1 N–H and O–H groups in total. The number of amides is 1. The Hall–Kier alpha value is -0.610. The second-order valence-electron chi connectivity index (χ2n) is 6.15. The van der Waals surface area contributed by atoms with Crippen molar-refractivity contribution in [3.8, 4) is 0 Å². The molecule has 0 aromatic heterocycles. The Balaban J connectivity index is 1.83. The maximum Gasteiger partial charge on any atom is 0.227 e. The smallest absolute Gasteiger partial charge is 0.227 e. The highest BCUT2D eigenvalue weighted by atomic mass is 16.2. The maximum absolute atomic E-state index is 12.4. The number of hydrogen-bond acceptors (Lipinski definition) is 3. The molecule has 0 aromatic carbocycles. The van der Waals surface area contributed by atoms with Crippen LogP contribution in [0.2, 0.25) is 0 Å². The number of nitrogens with zero attached hydrogens (tertiary/aromatic N) is 2. The number of carbonyl (C=O) groups is 1. The molecule has 2 aliphatic rings. The first-order valence-corrected chi connectivity index (χ1v) is 7.31. The summed E-state index contributed by atoms with van der Waals surface area (Å²) in [5, 5.41) is 3.37. The molecule has 2 heterocycles. The molecule has 18 heavy (non-hydrogen) atoms. The molecule has 1 amide bonds. The van der Waals surface area contributed by atoms with Gasteiger partial charge in [0.2, 0.25) is 5.91 Å². The lowest BCUT2D eigenvalue weighted by Crippen LogP contribution is -2.54. The molecule has 0 spiro atoms. The molecule has 0 aromatic rings. The van der Waals surface area contributed by atoms with Crippen LogP contribution in [0.5, 0.6) is 0 Å². The van der Waals surface area contributed by atoms with E-state index in [-0.39, 0.29) is 5.92 Å². The molecular formula is C14H27N3O. The lowest BCUT2D eigenvalue weighted by Gasteiger charge is -2.39. The third-order valence-corrected chi connectivity index (χ3v) is 4.28. The van der Waals surface area contributed by atoms with Crippen LogP contribution < -0.4 is 5.32 Å². The zero-order valence-electron chi connectivity index (χ0n) is 12.0. The van der Waals surface area contributed by atoms with Crippen molar-refractivity contribution >= 4 is 5.91 Å².